The Morgan fingerprint density at radius 3 is 2.32 bits per heavy atom. The molecule has 4 heteroatoms. The van der Waals surface area contributed by atoms with Crippen molar-refractivity contribution in [2.75, 3.05) is 5.32 Å². The highest BCUT2D eigenvalue weighted by Crippen LogP contribution is 2.34. The smallest absolute Gasteiger partial charge is 0.126 e. The zero-order valence-corrected chi connectivity index (χ0v) is 12.2. The second kappa shape index (κ2) is 5.81. The Balaban J connectivity index is 2.26. The molecule has 1 unspecified atom stereocenters. The van der Waals surface area contributed by atoms with Gasteiger partial charge in [-0.3, -0.25) is 0 Å². The van der Waals surface area contributed by atoms with Gasteiger partial charge in [0.15, 0.2) is 0 Å². The van der Waals surface area contributed by atoms with Crippen LogP contribution in [0.5, 0.6) is 0 Å². The molecule has 0 radical (unpaired) electrons. The van der Waals surface area contributed by atoms with Crippen LogP contribution in [0.1, 0.15) is 24.1 Å². The van der Waals surface area contributed by atoms with E-state index in [1.807, 2.05) is 32.0 Å². The van der Waals surface area contributed by atoms with Crippen molar-refractivity contribution in [2.24, 2.45) is 0 Å². The normalized spacial score (nSPS) is 12.3. The highest BCUT2D eigenvalue weighted by Gasteiger charge is 2.12. The average molecular weight is 298 g/mol. The van der Waals surface area contributed by atoms with E-state index in [1.54, 1.807) is 0 Å². The van der Waals surface area contributed by atoms with Crippen molar-refractivity contribution < 1.29 is 4.39 Å². The molecule has 0 spiro atoms. The fourth-order valence-corrected chi connectivity index (χ4v) is 2.49. The molecule has 2 aromatic rings. The minimum absolute atomic E-state index is 0.0281. The second-order valence-electron chi connectivity index (χ2n) is 4.52. The van der Waals surface area contributed by atoms with Gasteiger partial charge < -0.3 is 5.32 Å². The molecule has 2 rings (SSSR count). The van der Waals surface area contributed by atoms with E-state index in [0.29, 0.717) is 5.69 Å². The molecule has 1 nitrogen and oxygen atoms in total. The van der Waals surface area contributed by atoms with Crippen LogP contribution in [0.3, 0.4) is 0 Å². The van der Waals surface area contributed by atoms with Gasteiger partial charge in [-0.05, 0) is 31.5 Å². The van der Waals surface area contributed by atoms with Gasteiger partial charge in [-0.25, -0.2) is 4.39 Å². The van der Waals surface area contributed by atoms with Crippen LogP contribution >= 0.6 is 23.2 Å². The molecule has 0 aliphatic heterocycles. The summed E-state index contributed by atoms with van der Waals surface area (Å²) in [5.74, 6) is -0.441. The van der Waals surface area contributed by atoms with E-state index in [4.69, 9.17) is 23.2 Å². The molecule has 0 aliphatic carbocycles. The third-order valence-corrected chi connectivity index (χ3v) is 3.51. The quantitative estimate of drug-likeness (QED) is 0.776. The summed E-state index contributed by atoms with van der Waals surface area (Å²) in [5, 5.41) is 3.78. The first-order valence-electron chi connectivity index (χ1n) is 5.95. The van der Waals surface area contributed by atoms with Gasteiger partial charge in [-0.1, -0.05) is 53.0 Å². The van der Waals surface area contributed by atoms with E-state index in [2.05, 4.69) is 11.4 Å². The lowest BCUT2D eigenvalue weighted by Gasteiger charge is -2.18. The zero-order chi connectivity index (χ0) is 14.0. The number of rotatable bonds is 3. The summed E-state index contributed by atoms with van der Waals surface area (Å²) >= 11 is 12.0. The third-order valence-electron chi connectivity index (χ3n) is 2.91. The monoisotopic (exact) mass is 297 g/mol. The average Bonchev–Trinajstić information content (AvgIpc) is 2.33. The number of nitrogens with one attached hydrogen (secondary N) is 1. The summed E-state index contributed by atoms with van der Waals surface area (Å²) in [5.41, 5.74) is 2.86. The van der Waals surface area contributed by atoms with Gasteiger partial charge in [0.25, 0.3) is 0 Å². The Kier molecular flexibility index (Phi) is 4.33. The van der Waals surface area contributed by atoms with E-state index in [1.165, 1.54) is 17.7 Å². The lowest BCUT2D eigenvalue weighted by Crippen LogP contribution is -2.07. The van der Waals surface area contributed by atoms with Crippen LogP contribution in [0.25, 0.3) is 0 Å². The van der Waals surface area contributed by atoms with Gasteiger partial charge >= 0.3 is 0 Å². The topological polar surface area (TPSA) is 12.0 Å². The largest absolute Gasteiger partial charge is 0.376 e. The minimum Gasteiger partial charge on any atom is -0.376 e. The molecule has 0 bridgehead atoms. The molecule has 100 valence electrons. The first-order chi connectivity index (χ1) is 8.97. The molecule has 0 aliphatic rings. The first-order valence-corrected chi connectivity index (χ1v) is 6.70. The summed E-state index contributed by atoms with van der Waals surface area (Å²) < 4.78 is 13.1. The zero-order valence-electron chi connectivity index (χ0n) is 10.7. The van der Waals surface area contributed by atoms with Crippen LogP contribution in [0.15, 0.2) is 36.4 Å². The second-order valence-corrected chi connectivity index (χ2v) is 5.34. The fraction of sp³-hybridized carbons (Fsp3) is 0.200. The summed E-state index contributed by atoms with van der Waals surface area (Å²) in [6, 6.07) is 10.7. The maximum Gasteiger partial charge on any atom is 0.126 e. The molecule has 1 N–H and O–H groups in total. The molecule has 1 atom stereocenters. The Bertz CT molecular complexity index is 575. The molecule has 2 aromatic carbocycles. The fourth-order valence-electron chi connectivity index (χ4n) is 1.92. The van der Waals surface area contributed by atoms with Gasteiger partial charge in [0, 0.05) is 6.04 Å². The van der Waals surface area contributed by atoms with Crippen LogP contribution in [-0.4, -0.2) is 0 Å². The maximum atomic E-state index is 13.1. The lowest BCUT2D eigenvalue weighted by molar-refractivity contribution is 0.628. The lowest BCUT2D eigenvalue weighted by atomic mass is 10.1. The molecule has 0 fully saturated rings. The Hall–Kier alpha value is -1.25. The Morgan fingerprint density at radius 2 is 1.74 bits per heavy atom. The van der Waals surface area contributed by atoms with Crippen LogP contribution in [-0.2, 0) is 0 Å². The highest BCUT2D eigenvalue weighted by atomic mass is 35.5. The Morgan fingerprint density at radius 1 is 1.11 bits per heavy atom. The molecule has 19 heavy (non-hydrogen) atoms. The maximum absolute atomic E-state index is 13.1. The third kappa shape index (κ3) is 3.40. The van der Waals surface area contributed by atoms with Crippen LogP contribution < -0.4 is 5.32 Å². The number of halogens is 3. The van der Waals surface area contributed by atoms with Crippen molar-refractivity contribution in [3.8, 4) is 0 Å². The van der Waals surface area contributed by atoms with Crippen LogP contribution in [0.2, 0.25) is 10.0 Å². The van der Waals surface area contributed by atoms with E-state index in [0.717, 1.165) is 5.56 Å². The first kappa shape index (κ1) is 14.2. The van der Waals surface area contributed by atoms with E-state index in [9.17, 15) is 4.39 Å². The van der Waals surface area contributed by atoms with Gasteiger partial charge in [0.1, 0.15) is 5.82 Å². The summed E-state index contributed by atoms with van der Waals surface area (Å²) in [6.07, 6.45) is 0. The predicted octanol–water partition coefficient (Wildman–Crippen LogP) is 5.61. The van der Waals surface area contributed by atoms with E-state index < -0.39 is 5.82 Å². The summed E-state index contributed by atoms with van der Waals surface area (Å²) in [4.78, 5) is 0. The summed E-state index contributed by atoms with van der Waals surface area (Å²) in [7, 11) is 0. The van der Waals surface area contributed by atoms with Gasteiger partial charge in [0.05, 0.1) is 15.7 Å². The highest BCUT2D eigenvalue weighted by molar-refractivity contribution is 6.39. The number of hydrogen-bond acceptors (Lipinski definition) is 1. The number of anilines is 1. The number of benzene rings is 2. The van der Waals surface area contributed by atoms with Crippen LogP contribution in [0, 0.1) is 12.7 Å². The number of aryl methyl sites for hydroxylation is 1. The van der Waals surface area contributed by atoms with Crippen molar-refractivity contribution in [3.63, 3.8) is 0 Å². The SMILES string of the molecule is Cc1cccc(C(C)Nc2c(Cl)cc(F)cc2Cl)c1. The molecular weight excluding hydrogens is 284 g/mol. The van der Waals surface area contributed by atoms with Gasteiger partial charge in [-0.2, -0.15) is 0 Å². The minimum atomic E-state index is -0.441. The van der Waals surface area contributed by atoms with Gasteiger partial charge in [0.2, 0.25) is 0 Å². The molecule has 0 saturated heterocycles. The van der Waals surface area contributed by atoms with Crippen molar-refractivity contribution in [3.05, 3.63) is 63.4 Å². The summed E-state index contributed by atoms with van der Waals surface area (Å²) in [6.45, 7) is 4.04. The van der Waals surface area contributed by atoms with Crippen molar-refractivity contribution in [1.82, 2.24) is 0 Å². The Labute approximate surface area is 122 Å². The van der Waals surface area contributed by atoms with E-state index in [-0.39, 0.29) is 16.1 Å². The van der Waals surface area contributed by atoms with Crippen molar-refractivity contribution >= 4 is 28.9 Å². The molecule has 0 saturated carbocycles. The van der Waals surface area contributed by atoms with Gasteiger partial charge in [-0.15, -0.1) is 0 Å². The van der Waals surface area contributed by atoms with Crippen molar-refractivity contribution in [1.29, 1.82) is 0 Å². The number of hydrogen-bond donors (Lipinski definition) is 1. The van der Waals surface area contributed by atoms with Crippen molar-refractivity contribution in [2.45, 2.75) is 19.9 Å². The van der Waals surface area contributed by atoms with Crippen LogP contribution in [0.4, 0.5) is 10.1 Å². The molecule has 0 amide bonds. The standard InChI is InChI=1S/C15H14Cl2FN/c1-9-4-3-5-11(6-9)10(2)19-15-13(16)7-12(18)8-14(15)17/h3-8,10,19H,1-2H3. The van der Waals surface area contributed by atoms with E-state index >= 15 is 0 Å². The molecule has 0 heterocycles. The predicted molar refractivity (Wildman–Crippen MR) is 79.6 cm³/mol. The molecular formula is C15H14Cl2FN. The molecule has 0 aromatic heterocycles.